The van der Waals surface area contributed by atoms with Gasteiger partial charge < -0.3 is 0 Å². The monoisotopic (exact) mass is 328 g/mol. The summed E-state index contributed by atoms with van der Waals surface area (Å²) in [5.74, 6) is -13.8. The lowest BCUT2D eigenvalue weighted by Crippen LogP contribution is -2.59. The molecule has 0 atom stereocenters. The highest BCUT2D eigenvalue weighted by Gasteiger charge is 2.82. The fourth-order valence-electron chi connectivity index (χ4n) is 0.356. The summed E-state index contributed by atoms with van der Waals surface area (Å²) in [6.45, 7) is 1.51. The number of hydrogen-bond acceptors (Lipinski definition) is 2. The van der Waals surface area contributed by atoms with Crippen LogP contribution in [0.2, 0.25) is 0 Å². The number of ketones is 1. The fourth-order valence-corrected chi connectivity index (χ4v) is 0.356. The predicted octanol–water partition coefficient (Wildman–Crippen LogP) is 3.89. The van der Waals surface area contributed by atoms with Crippen LogP contribution in [-0.2, 0) is 4.79 Å². The van der Waals surface area contributed by atoms with E-state index in [0.29, 0.717) is 5.75 Å². The summed E-state index contributed by atoms with van der Waals surface area (Å²) in [6, 6.07) is 0. The summed E-state index contributed by atoms with van der Waals surface area (Å²) in [4.78, 5) is 9.74. The van der Waals surface area contributed by atoms with E-state index in [4.69, 9.17) is 0 Å². The Morgan fingerprint density at radius 2 is 0.947 bits per heavy atom. The van der Waals surface area contributed by atoms with Crippen LogP contribution in [0.3, 0.4) is 0 Å². The van der Waals surface area contributed by atoms with Gasteiger partial charge in [-0.2, -0.15) is 56.5 Å². The van der Waals surface area contributed by atoms with Gasteiger partial charge in [-0.3, -0.25) is 4.79 Å². The van der Waals surface area contributed by atoms with Crippen LogP contribution in [0.1, 0.15) is 6.92 Å². The highest BCUT2D eigenvalue weighted by Crippen LogP contribution is 2.53. The van der Waals surface area contributed by atoms with Gasteiger partial charge in [0.05, 0.1) is 0 Å². The maximum atomic E-state index is 11.6. The van der Waals surface area contributed by atoms with Crippen molar-refractivity contribution in [1.82, 2.24) is 0 Å². The molecule has 0 amide bonds. The van der Waals surface area contributed by atoms with Gasteiger partial charge in [-0.05, 0) is 6.92 Å². The normalized spacial score (nSPS) is 13.7. The van der Waals surface area contributed by atoms with E-state index in [1.165, 1.54) is 6.92 Å². The largest absolute Gasteiger partial charge is 0.460 e. The highest BCUT2D eigenvalue weighted by atomic mass is 32.1. The van der Waals surface area contributed by atoms with E-state index in [1.54, 1.807) is 0 Å². The van der Waals surface area contributed by atoms with Crippen molar-refractivity contribution in [2.24, 2.45) is 0 Å². The third-order valence-corrected chi connectivity index (χ3v) is 1.77. The first-order valence-corrected chi connectivity index (χ1v) is 4.65. The molecule has 0 aromatic carbocycles. The second-order valence-corrected chi connectivity index (χ2v) is 3.32. The molecule has 0 rings (SSSR count). The van der Waals surface area contributed by atoms with Crippen LogP contribution in [0.15, 0.2) is 0 Å². The molecule has 19 heavy (non-hydrogen) atoms. The first kappa shape index (κ1) is 20.6. The zero-order chi connectivity index (χ0) is 16.3. The van der Waals surface area contributed by atoms with Crippen molar-refractivity contribution in [3.05, 3.63) is 0 Å². The van der Waals surface area contributed by atoms with Crippen LogP contribution < -0.4 is 0 Å². The second kappa shape index (κ2) is 6.18. The van der Waals surface area contributed by atoms with Gasteiger partial charge in [-0.15, -0.1) is 0 Å². The number of hydrogen-bond donors (Lipinski definition) is 1. The van der Waals surface area contributed by atoms with Crippen molar-refractivity contribution >= 4 is 18.4 Å². The van der Waals surface area contributed by atoms with Crippen molar-refractivity contribution in [3.63, 3.8) is 0 Å². The van der Waals surface area contributed by atoms with Gasteiger partial charge in [-0.1, -0.05) is 0 Å². The molecule has 0 unspecified atom stereocenters. The first-order chi connectivity index (χ1) is 8.02. The standard InChI is InChI=1S/C4F10.C3H6OS/c5-1(6,3(9,10)11)2(7,8)4(12,13)14;1-3(4)2-5/h;5H,2H2,1H3. The lowest BCUT2D eigenvalue weighted by Gasteiger charge is -2.29. The quantitative estimate of drug-likeness (QED) is 0.601. The summed E-state index contributed by atoms with van der Waals surface area (Å²) >= 11 is 3.67. The lowest BCUT2D eigenvalue weighted by molar-refractivity contribution is -0.419. The number of alkyl halides is 10. The fraction of sp³-hybridized carbons (Fsp3) is 0.857. The third-order valence-electron chi connectivity index (χ3n) is 1.33. The van der Waals surface area contributed by atoms with Crippen LogP contribution in [0.5, 0.6) is 0 Å². The summed E-state index contributed by atoms with van der Waals surface area (Å²) in [5, 5.41) is 0. The van der Waals surface area contributed by atoms with E-state index < -0.39 is 24.2 Å². The van der Waals surface area contributed by atoms with Crippen molar-refractivity contribution in [3.8, 4) is 0 Å². The van der Waals surface area contributed by atoms with Gasteiger partial charge in [0.15, 0.2) is 0 Å². The second-order valence-electron chi connectivity index (χ2n) is 3.00. The Kier molecular flexibility index (Phi) is 6.71. The Morgan fingerprint density at radius 3 is 1.00 bits per heavy atom. The van der Waals surface area contributed by atoms with Crippen LogP contribution in [0, 0.1) is 0 Å². The van der Waals surface area contributed by atoms with Crippen LogP contribution in [0.25, 0.3) is 0 Å². The number of carbonyl (C=O) groups excluding carboxylic acids is 1. The van der Waals surface area contributed by atoms with Gasteiger partial charge in [0.25, 0.3) is 0 Å². The third kappa shape index (κ3) is 5.07. The predicted molar refractivity (Wildman–Crippen MR) is 46.5 cm³/mol. The number of thiol groups is 1. The molecule has 0 saturated carbocycles. The molecule has 0 aromatic rings. The van der Waals surface area contributed by atoms with Crippen molar-refractivity contribution in [2.45, 2.75) is 31.1 Å². The summed E-state index contributed by atoms with van der Waals surface area (Å²) in [7, 11) is 0. The van der Waals surface area contributed by atoms with E-state index in [9.17, 15) is 48.7 Å². The molecule has 0 spiro atoms. The lowest BCUT2D eigenvalue weighted by atomic mass is 10.1. The molecule has 116 valence electrons. The smallest absolute Gasteiger partial charge is 0.299 e. The van der Waals surface area contributed by atoms with Gasteiger partial charge in [-0.25, -0.2) is 0 Å². The average Bonchev–Trinajstić information content (AvgIpc) is 2.14. The van der Waals surface area contributed by atoms with E-state index in [2.05, 4.69) is 12.6 Å². The Morgan fingerprint density at radius 1 is 0.789 bits per heavy atom. The molecular weight excluding hydrogens is 322 g/mol. The number of Topliss-reactive ketones (excluding diaryl/α,β-unsaturated/α-hetero) is 1. The molecule has 0 aliphatic heterocycles. The van der Waals surface area contributed by atoms with E-state index in [1.807, 2.05) is 0 Å². The van der Waals surface area contributed by atoms with E-state index in [0.717, 1.165) is 0 Å². The number of rotatable bonds is 2. The Bertz CT molecular complexity index is 280. The number of halogens is 10. The van der Waals surface area contributed by atoms with Crippen molar-refractivity contribution < 1.29 is 48.7 Å². The maximum absolute atomic E-state index is 11.6. The average molecular weight is 328 g/mol. The van der Waals surface area contributed by atoms with Gasteiger partial charge in [0.2, 0.25) is 0 Å². The zero-order valence-corrected chi connectivity index (χ0v) is 9.74. The molecule has 0 saturated heterocycles. The number of carbonyl (C=O) groups is 1. The highest BCUT2D eigenvalue weighted by molar-refractivity contribution is 7.81. The topological polar surface area (TPSA) is 17.1 Å². The van der Waals surface area contributed by atoms with Crippen molar-refractivity contribution in [2.75, 3.05) is 5.75 Å². The summed E-state index contributed by atoms with van der Waals surface area (Å²) in [6.07, 6.45) is -13.9. The zero-order valence-electron chi connectivity index (χ0n) is 8.84. The summed E-state index contributed by atoms with van der Waals surface area (Å²) in [5.41, 5.74) is 0. The van der Waals surface area contributed by atoms with Gasteiger partial charge in [0, 0.05) is 5.75 Å². The van der Waals surface area contributed by atoms with E-state index >= 15 is 0 Å². The minimum Gasteiger partial charge on any atom is -0.299 e. The minimum atomic E-state index is -7.14. The Labute approximate surface area is 105 Å². The van der Waals surface area contributed by atoms with Crippen LogP contribution >= 0.6 is 12.6 Å². The minimum absolute atomic E-state index is 0.119. The molecule has 12 heteroatoms. The Balaban J connectivity index is 0. The van der Waals surface area contributed by atoms with Gasteiger partial charge >= 0.3 is 24.2 Å². The molecular formula is C7H6F10OS. The molecule has 0 aliphatic rings. The van der Waals surface area contributed by atoms with Crippen LogP contribution in [-0.4, -0.2) is 35.7 Å². The van der Waals surface area contributed by atoms with Crippen LogP contribution in [0.4, 0.5) is 43.9 Å². The Hall–Kier alpha value is -0.680. The molecule has 0 fully saturated rings. The molecule has 0 bridgehead atoms. The van der Waals surface area contributed by atoms with Gasteiger partial charge in [0.1, 0.15) is 5.78 Å². The molecule has 1 nitrogen and oxygen atoms in total. The molecule has 0 radical (unpaired) electrons. The van der Waals surface area contributed by atoms with Crippen molar-refractivity contribution in [1.29, 1.82) is 0 Å². The molecule has 0 aliphatic carbocycles. The SMILES string of the molecule is CC(=O)CS.FC(F)(F)C(F)(F)C(F)(F)C(F)(F)F. The van der Waals surface area contributed by atoms with E-state index in [-0.39, 0.29) is 5.78 Å². The molecule has 0 heterocycles. The summed E-state index contributed by atoms with van der Waals surface area (Å²) < 4.78 is 113. The molecule has 0 aromatic heterocycles. The maximum Gasteiger partial charge on any atom is 0.460 e. The molecule has 0 N–H and O–H groups in total. The first-order valence-electron chi connectivity index (χ1n) is 4.01.